The summed E-state index contributed by atoms with van der Waals surface area (Å²) in [5.74, 6) is 0.0888. The molecule has 4 rings (SSSR count). The molecule has 0 spiro atoms. The monoisotopic (exact) mass is 384 g/mol. The fourth-order valence-electron chi connectivity index (χ4n) is 4.15. The number of unbranched alkanes of at least 4 members (excludes halogenated alkanes) is 1. The highest BCUT2D eigenvalue weighted by Crippen LogP contribution is 2.36. The van der Waals surface area contributed by atoms with Crippen molar-refractivity contribution in [2.75, 3.05) is 13.1 Å². The molecular weight excluding hydrogens is 360 g/mol. The number of carbonyl (C=O) groups is 1. The third kappa shape index (κ3) is 4.10. The third-order valence-electron chi connectivity index (χ3n) is 5.51. The van der Waals surface area contributed by atoms with Gasteiger partial charge in [-0.05, 0) is 69.1 Å². The van der Waals surface area contributed by atoms with E-state index >= 15 is 0 Å². The first-order valence-electron chi connectivity index (χ1n) is 10.2. The molecule has 5 nitrogen and oxygen atoms in total. The first kappa shape index (κ1) is 19.0. The Balaban J connectivity index is 1.43. The molecule has 0 radical (unpaired) electrons. The first-order valence-corrected chi connectivity index (χ1v) is 10.2. The van der Waals surface area contributed by atoms with Crippen LogP contribution in [0.15, 0.2) is 59.7 Å². The number of amides is 1. The van der Waals surface area contributed by atoms with E-state index in [0.717, 1.165) is 25.7 Å². The highest BCUT2D eigenvalue weighted by molar-refractivity contribution is 6.23. The number of nitrogens with zero attached hydrogens (tertiary/aromatic N) is 3. The summed E-state index contributed by atoms with van der Waals surface area (Å²) in [6, 6.07) is 19.6. The van der Waals surface area contributed by atoms with Gasteiger partial charge in [-0.3, -0.25) is 4.79 Å². The first-order chi connectivity index (χ1) is 14.3. The maximum absolute atomic E-state index is 12.1. The van der Waals surface area contributed by atoms with Crippen molar-refractivity contribution in [2.45, 2.75) is 32.1 Å². The predicted molar refractivity (Wildman–Crippen MR) is 119 cm³/mol. The molecule has 29 heavy (non-hydrogen) atoms. The topological polar surface area (TPSA) is 77.9 Å². The van der Waals surface area contributed by atoms with E-state index in [2.05, 4.69) is 69.9 Å². The largest absolute Gasteiger partial charge is 0.356 e. The molecule has 0 aliphatic rings. The van der Waals surface area contributed by atoms with Gasteiger partial charge in [0, 0.05) is 24.4 Å². The number of aryl methyl sites for hydroxylation is 1. The Bertz CT molecular complexity index is 1190. The molecule has 0 unspecified atom stereocenters. The maximum atomic E-state index is 12.1. The summed E-state index contributed by atoms with van der Waals surface area (Å²) >= 11 is 0. The van der Waals surface area contributed by atoms with Crippen LogP contribution < -0.4 is 5.32 Å². The van der Waals surface area contributed by atoms with Crippen LogP contribution in [0, 0.1) is 0 Å². The van der Waals surface area contributed by atoms with Gasteiger partial charge in [-0.1, -0.05) is 59.7 Å². The Morgan fingerprint density at radius 1 is 0.931 bits per heavy atom. The molecule has 1 amide bonds. The molecule has 4 aromatic carbocycles. The van der Waals surface area contributed by atoms with Gasteiger partial charge in [0.1, 0.15) is 0 Å². The van der Waals surface area contributed by atoms with Gasteiger partial charge in [0.25, 0.3) is 0 Å². The minimum atomic E-state index is 0.0888. The van der Waals surface area contributed by atoms with Gasteiger partial charge in [0.15, 0.2) is 0 Å². The molecule has 1 N–H and O–H groups in total. The van der Waals surface area contributed by atoms with Crippen molar-refractivity contribution in [3.8, 4) is 0 Å². The van der Waals surface area contributed by atoms with E-state index in [0.29, 0.717) is 19.5 Å². The molecule has 5 heteroatoms. The second-order valence-corrected chi connectivity index (χ2v) is 7.45. The van der Waals surface area contributed by atoms with E-state index in [9.17, 15) is 4.79 Å². The van der Waals surface area contributed by atoms with E-state index in [1.54, 1.807) is 0 Å². The predicted octanol–water partition coefficient (Wildman–Crippen LogP) is 6.11. The van der Waals surface area contributed by atoms with Crippen molar-refractivity contribution in [3.05, 3.63) is 70.6 Å². The van der Waals surface area contributed by atoms with E-state index in [1.807, 2.05) is 0 Å². The van der Waals surface area contributed by atoms with Gasteiger partial charge in [0.05, 0.1) is 0 Å². The summed E-state index contributed by atoms with van der Waals surface area (Å²) in [6.45, 7) is 1.12. The van der Waals surface area contributed by atoms with Crippen LogP contribution in [0.2, 0.25) is 0 Å². The smallest absolute Gasteiger partial charge is 0.220 e. The van der Waals surface area contributed by atoms with E-state index in [4.69, 9.17) is 5.53 Å². The summed E-state index contributed by atoms with van der Waals surface area (Å²) in [4.78, 5) is 14.8. The quantitative estimate of drug-likeness (QED) is 0.122. The van der Waals surface area contributed by atoms with Crippen LogP contribution in [-0.2, 0) is 11.2 Å². The van der Waals surface area contributed by atoms with E-state index in [1.165, 1.54) is 37.9 Å². The summed E-state index contributed by atoms with van der Waals surface area (Å²) in [5.41, 5.74) is 9.55. The average molecular weight is 384 g/mol. The van der Waals surface area contributed by atoms with Gasteiger partial charge < -0.3 is 5.32 Å². The van der Waals surface area contributed by atoms with Crippen LogP contribution in [0.4, 0.5) is 0 Å². The molecule has 146 valence electrons. The van der Waals surface area contributed by atoms with Crippen molar-refractivity contribution in [2.24, 2.45) is 5.11 Å². The van der Waals surface area contributed by atoms with Crippen molar-refractivity contribution < 1.29 is 4.79 Å². The van der Waals surface area contributed by atoms with Gasteiger partial charge in [-0.25, -0.2) is 0 Å². The molecule has 0 heterocycles. The number of carbonyl (C=O) groups excluding carboxylic acids is 1. The van der Waals surface area contributed by atoms with E-state index in [-0.39, 0.29) is 5.91 Å². The fourth-order valence-corrected chi connectivity index (χ4v) is 4.15. The zero-order chi connectivity index (χ0) is 20.1. The highest BCUT2D eigenvalue weighted by Gasteiger charge is 2.11. The van der Waals surface area contributed by atoms with Crippen molar-refractivity contribution in [1.29, 1.82) is 0 Å². The normalized spacial score (nSPS) is 11.2. The maximum Gasteiger partial charge on any atom is 0.220 e. The summed E-state index contributed by atoms with van der Waals surface area (Å²) in [6.07, 6.45) is 3.86. The molecular formula is C24H24N4O. The molecule has 0 aliphatic carbocycles. The standard InChI is InChI=1S/C24H24N4O/c25-28-27-15-2-1-14-26-22(29)11-5-8-19-16-20-9-3-6-17-12-13-18-7-4-10-21(19)24(18)23(17)20/h3-4,6-7,9-10,12-13,16H,1-2,5,8,11,14-15H2,(H,26,29). The Kier molecular flexibility index (Phi) is 5.78. The van der Waals surface area contributed by atoms with Crippen LogP contribution in [0.25, 0.3) is 42.8 Å². The number of azide groups is 1. The van der Waals surface area contributed by atoms with Gasteiger partial charge in [-0.2, -0.15) is 0 Å². The van der Waals surface area contributed by atoms with Gasteiger partial charge in [-0.15, -0.1) is 0 Å². The number of benzene rings is 4. The van der Waals surface area contributed by atoms with Crippen LogP contribution in [-0.4, -0.2) is 19.0 Å². The van der Waals surface area contributed by atoms with Crippen LogP contribution in [0.3, 0.4) is 0 Å². The molecule has 0 fully saturated rings. The fraction of sp³-hybridized carbons (Fsp3) is 0.292. The molecule has 0 saturated heterocycles. The molecule has 0 aromatic heterocycles. The Morgan fingerprint density at radius 3 is 2.52 bits per heavy atom. The van der Waals surface area contributed by atoms with Crippen molar-refractivity contribution in [3.63, 3.8) is 0 Å². The lowest BCUT2D eigenvalue weighted by atomic mass is 9.90. The average Bonchev–Trinajstić information content (AvgIpc) is 2.75. The lowest BCUT2D eigenvalue weighted by Crippen LogP contribution is -2.24. The minimum Gasteiger partial charge on any atom is -0.356 e. The third-order valence-corrected chi connectivity index (χ3v) is 5.51. The number of hydrogen-bond acceptors (Lipinski definition) is 2. The Morgan fingerprint density at radius 2 is 1.69 bits per heavy atom. The Hall–Kier alpha value is -3.30. The lowest BCUT2D eigenvalue weighted by Gasteiger charge is -2.14. The summed E-state index contributed by atoms with van der Waals surface area (Å²) in [5, 5.41) is 14.2. The number of rotatable bonds is 9. The molecule has 0 atom stereocenters. The SMILES string of the molecule is [N-]=[N+]=NCCCCNC(=O)CCCc1cc2cccc3ccc4cccc1c4c32. The van der Waals surface area contributed by atoms with Crippen molar-refractivity contribution in [1.82, 2.24) is 5.32 Å². The van der Waals surface area contributed by atoms with Gasteiger partial charge in [0.2, 0.25) is 5.91 Å². The highest BCUT2D eigenvalue weighted by atomic mass is 16.1. The zero-order valence-corrected chi connectivity index (χ0v) is 16.4. The van der Waals surface area contributed by atoms with Crippen molar-refractivity contribution >= 4 is 38.2 Å². The second-order valence-electron chi connectivity index (χ2n) is 7.45. The number of nitrogens with one attached hydrogen (secondary N) is 1. The molecule has 0 saturated carbocycles. The second kappa shape index (κ2) is 8.80. The van der Waals surface area contributed by atoms with Crippen LogP contribution >= 0.6 is 0 Å². The zero-order valence-electron chi connectivity index (χ0n) is 16.4. The molecule has 0 bridgehead atoms. The molecule has 0 aliphatic heterocycles. The summed E-state index contributed by atoms with van der Waals surface area (Å²) in [7, 11) is 0. The number of hydrogen-bond donors (Lipinski definition) is 1. The lowest BCUT2D eigenvalue weighted by molar-refractivity contribution is -0.121. The summed E-state index contributed by atoms with van der Waals surface area (Å²) < 4.78 is 0. The van der Waals surface area contributed by atoms with Crippen LogP contribution in [0.1, 0.15) is 31.2 Å². The Labute approximate surface area is 169 Å². The van der Waals surface area contributed by atoms with Crippen LogP contribution in [0.5, 0.6) is 0 Å². The van der Waals surface area contributed by atoms with Gasteiger partial charge >= 0.3 is 0 Å². The molecule has 4 aromatic rings. The minimum absolute atomic E-state index is 0.0888. The van der Waals surface area contributed by atoms with E-state index < -0.39 is 0 Å².